The van der Waals surface area contributed by atoms with E-state index in [1.807, 2.05) is 6.07 Å². The van der Waals surface area contributed by atoms with Crippen molar-refractivity contribution in [3.63, 3.8) is 0 Å². The second kappa shape index (κ2) is 7.49. The van der Waals surface area contributed by atoms with E-state index in [1.165, 1.54) is 6.07 Å². The van der Waals surface area contributed by atoms with E-state index in [-0.39, 0.29) is 12.7 Å². The van der Waals surface area contributed by atoms with Crippen molar-refractivity contribution in [1.82, 2.24) is 5.32 Å². The van der Waals surface area contributed by atoms with Crippen molar-refractivity contribution < 1.29 is 27.4 Å². The number of benzene rings is 2. The van der Waals surface area contributed by atoms with Gasteiger partial charge in [-0.3, -0.25) is 4.79 Å². The fourth-order valence-corrected chi connectivity index (χ4v) is 3.34. The maximum Gasteiger partial charge on any atom is 0.416 e. The molecule has 0 aromatic heterocycles. The van der Waals surface area contributed by atoms with E-state index in [4.69, 9.17) is 9.47 Å². The summed E-state index contributed by atoms with van der Waals surface area (Å²) in [6.07, 6.45) is -4.40. The second-order valence-corrected chi connectivity index (χ2v) is 7.11. The van der Waals surface area contributed by atoms with E-state index in [1.54, 1.807) is 25.1 Å². The zero-order valence-electron chi connectivity index (χ0n) is 13.8. The van der Waals surface area contributed by atoms with Crippen molar-refractivity contribution >= 4 is 17.7 Å². The summed E-state index contributed by atoms with van der Waals surface area (Å²) >= 11 is 1.08. The quantitative estimate of drug-likeness (QED) is 0.785. The average molecular weight is 383 g/mol. The van der Waals surface area contributed by atoms with Crippen molar-refractivity contribution in [2.45, 2.75) is 29.8 Å². The first kappa shape index (κ1) is 18.4. The standard InChI is InChI=1S/C18H16F3NO3S/c1-11(26-14-4-2-3-13(8-14)18(19,20)21)17(23)22-9-12-5-6-15-16(7-12)25-10-24-15/h2-8,11H,9-10H2,1H3,(H,22,23)/t11-/m0/s1. The summed E-state index contributed by atoms with van der Waals surface area (Å²) in [5.41, 5.74) is 0.120. The molecule has 3 rings (SSSR count). The summed E-state index contributed by atoms with van der Waals surface area (Å²) in [6, 6.07) is 10.3. The fraction of sp³-hybridized carbons (Fsp3) is 0.278. The molecule has 8 heteroatoms. The molecule has 1 aliphatic heterocycles. The number of nitrogens with one attached hydrogen (secondary N) is 1. The Balaban J connectivity index is 1.56. The topological polar surface area (TPSA) is 47.6 Å². The van der Waals surface area contributed by atoms with Crippen molar-refractivity contribution in [1.29, 1.82) is 0 Å². The average Bonchev–Trinajstić information content (AvgIpc) is 3.06. The van der Waals surface area contributed by atoms with E-state index >= 15 is 0 Å². The van der Waals surface area contributed by atoms with Gasteiger partial charge in [0.05, 0.1) is 10.8 Å². The third-order valence-corrected chi connectivity index (χ3v) is 4.84. The predicted octanol–water partition coefficient (Wildman–Crippen LogP) is 4.23. The lowest BCUT2D eigenvalue weighted by molar-refractivity contribution is -0.137. The first-order valence-corrected chi connectivity index (χ1v) is 8.71. The number of alkyl halides is 3. The smallest absolute Gasteiger partial charge is 0.416 e. The molecule has 0 saturated heterocycles. The molecule has 138 valence electrons. The second-order valence-electron chi connectivity index (χ2n) is 5.69. The van der Waals surface area contributed by atoms with Crippen LogP contribution in [-0.2, 0) is 17.5 Å². The lowest BCUT2D eigenvalue weighted by Gasteiger charge is -2.13. The molecule has 0 bridgehead atoms. The van der Waals surface area contributed by atoms with Crippen LogP contribution in [0.3, 0.4) is 0 Å². The summed E-state index contributed by atoms with van der Waals surface area (Å²) in [6.45, 7) is 2.12. The van der Waals surface area contributed by atoms with E-state index in [0.717, 1.165) is 29.5 Å². The van der Waals surface area contributed by atoms with Crippen LogP contribution in [0.15, 0.2) is 47.4 Å². The molecule has 0 unspecified atom stereocenters. The van der Waals surface area contributed by atoms with E-state index in [9.17, 15) is 18.0 Å². The lowest BCUT2D eigenvalue weighted by Crippen LogP contribution is -2.30. The van der Waals surface area contributed by atoms with Crippen LogP contribution < -0.4 is 14.8 Å². The van der Waals surface area contributed by atoms with Crippen LogP contribution in [0.1, 0.15) is 18.1 Å². The largest absolute Gasteiger partial charge is 0.454 e. The minimum atomic E-state index is -4.40. The SMILES string of the molecule is C[C@H](Sc1cccc(C(F)(F)F)c1)C(=O)NCc1ccc2c(c1)OCO2. The van der Waals surface area contributed by atoms with Gasteiger partial charge >= 0.3 is 6.18 Å². The maximum absolute atomic E-state index is 12.8. The number of amides is 1. The van der Waals surface area contributed by atoms with Gasteiger partial charge in [-0.25, -0.2) is 0 Å². The van der Waals surface area contributed by atoms with E-state index in [2.05, 4.69) is 5.32 Å². The molecule has 1 amide bonds. The highest BCUT2D eigenvalue weighted by Crippen LogP contribution is 2.34. The third-order valence-electron chi connectivity index (χ3n) is 3.75. The minimum absolute atomic E-state index is 0.176. The zero-order valence-corrected chi connectivity index (χ0v) is 14.6. The van der Waals surface area contributed by atoms with Crippen molar-refractivity contribution in [3.05, 3.63) is 53.6 Å². The van der Waals surface area contributed by atoms with Gasteiger partial charge in [0.2, 0.25) is 12.7 Å². The Morgan fingerprint density at radius 1 is 1.19 bits per heavy atom. The molecule has 1 heterocycles. The van der Waals surface area contributed by atoms with Crippen LogP contribution in [0.5, 0.6) is 11.5 Å². The van der Waals surface area contributed by atoms with Gasteiger partial charge in [-0.2, -0.15) is 13.2 Å². The summed E-state index contributed by atoms with van der Waals surface area (Å²) in [5.74, 6) is 1.03. The number of ether oxygens (including phenoxy) is 2. The first-order chi connectivity index (χ1) is 12.3. The molecule has 0 fully saturated rings. The minimum Gasteiger partial charge on any atom is -0.454 e. The van der Waals surface area contributed by atoms with Crippen LogP contribution in [0.25, 0.3) is 0 Å². The van der Waals surface area contributed by atoms with Gasteiger partial charge in [0.25, 0.3) is 0 Å². The Bertz CT molecular complexity index is 811. The van der Waals surface area contributed by atoms with Crippen molar-refractivity contribution in [3.8, 4) is 11.5 Å². The molecule has 2 aromatic rings. The number of fused-ring (bicyclic) bond motifs is 1. The van der Waals surface area contributed by atoms with Crippen molar-refractivity contribution in [2.24, 2.45) is 0 Å². The molecule has 1 aliphatic rings. The molecule has 1 N–H and O–H groups in total. The summed E-state index contributed by atoms with van der Waals surface area (Å²) < 4.78 is 48.8. The summed E-state index contributed by atoms with van der Waals surface area (Å²) in [4.78, 5) is 12.6. The number of hydrogen-bond donors (Lipinski definition) is 1. The molecule has 2 aromatic carbocycles. The van der Waals surface area contributed by atoms with Gasteiger partial charge in [-0.05, 0) is 42.8 Å². The van der Waals surface area contributed by atoms with Crippen LogP contribution in [0.4, 0.5) is 13.2 Å². The lowest BCUT2D eigenvalue weighted by atomic mass is 10.2. The molecule has 1 atom stereocenters. The predicted molar refractivity (Wildman–Crippen MR) is 91.2 cm³/mol. The number of thioether (sulfide) groups is 1. The van der Waals surface area contributed by atoms with Gasteiger partial charge in [0.15, 0.2) is 11.5 Å². The Hall–Kier alpha value is -2.35. The molecule has 0 saturated carbocycles. The number of carbonyl (C=O) groups is 1. The van der Waals surface area contributed by atoms with Gasteiger partial charge in [-0.15, -0.1) is 11.8 Å². The van der Waals surface area contributed by atoms with E-state index in [0.29, 0.717) is 22.9 Å². The third kappa shape index (κ3) is 4.43. The van der Waals surface area contributed by atoms with Gasteiger partial charge in [-0.1, -0.05) is 12.1 Å². The first-order valence-electron chi connectivity index (χ1n) is 7.83. The fourth-order valence-electron chi connectivity index (χ4n) is 2.39. The number of carbonyl (C=O) groups excluding carboxylic acids is 1. The molecular formula is C18H16F3NO3S. The Morgan fingerprint density at radius 2 is 1.96 bits per heavy atom. The van der Waals surface area contributed by atoms with Gasteiger partial charge in [0.1, 0.15) is 0 Å². The van der Waals surface area contributed by atoms with Crippen LogP contribution in [0, 0.1) is 0 Å². The van der Waals surface area contributed by atoms with Crippen LogP contribution in [-0.4, -0.2) is 18.0 Å². The molecule has 0 aliphatic carbocycles. The highest BCUT2D eigenvalue weighted by Gasteiger charge is 2.30. The Morgan fingerprint density at radius 3 is 2.73 bits per heavy atom. The van der Waals surface area contributed by atoms with Crippen molar-refractivity contribution in [2.75, 3.05) is 6.79 Å². The number of hydrogen-bond acceptors (Lipinski definition) is 4. The highest BCUT2D eigenvalue weighted by molar-refractivity contribution is 8.00. The molecule has 4 nitrogen and oxygen atoms in total. The molecule has 0 spiro atoms. The Kier molecular flexibility index (Phi) is 5.31. The van der Waals surface area contributed by atoms with Gasteiger partial charge in [0, 0.05) is 11.4 Å². The monoisotopic (exact) mass is 383 g/mol. The zero-order chi connectivity index (χ0) is 18.7. The van der Waals surface area contributed by atoms with Gasteiger partial charge < -0.3 is 14.8 Å². The summed E-state index contributed by atoms with van der Waals surface area (Å²) in [5, 5.41) is 2.24. The maximum atomic E-state index is 12.8. The number of halogens is 3. The number of rotatable bonds is 5. The van der Waals surface area contributed by atoms with E-state index < -0.39 is 17.0 Å². The molecule has 26 heavy (non-hydrogen) atoms. The van der Waals surface area contributed by atoms with Crippen LogP contribution in [0.2, 0.25) is 0 Å². The summed E-state index contributed by atoms with van der Waals surface area (Å²) in [7, 11) is 0. The molecular weight excluding hydrogens is 367 g/mol. The Labute approximate surface area is 152 Å². The normalized spacial score (nSPS) is 14.2. The highest BCUT2D eigenvalue weighted by atomic mass is 32.2. The molecule has 0 radical (unpaired) electrons. The van der Waals surface area contributed by atoms with Crippen LogP contribution >= 0.6 is 11.8 Å².